The van der Waals surface area contributed by atoms with Crippen LogP contribution in [0.5, 0.6) is 0 Å². The number of rotatable bonds is 0. The van der Waals surface area contributed by atoms with Crippen molar-refractivity contribution in [3.05, 3.63) is 12.2 Å². The molecule has 9 heavy (non-hydrogen) atoms. The molecule has 0 bridgehead atoms. The zero-order chi connectivity index (χ0) is 6.48. The lowest BCUT2D eigenvalue weighted by molar-refractivity contribution is 0.544. The largest absolute Gasteiger partial charge is 0.0882 e. The third-order valence-corrected chi connectivity index (χ3v) is 3.23. The van der Waals surface area contributed by atoms with Crippen LogP contribution in [0.25, 0.3) is 0 Å². The van der Waals surface area contributed by atoms with E-state index in [4.69, 9.17) is 0 Å². The molecule has 0 amide bonds. The Kier molecular flexibility index (Phi) is 0.870. The predicted octanol–water partition coefficient (Wildman–Crippen LogP) is 2.61. The molecule has 0 aliphatic heterocycles. The fraction of sp³-hybridized carbons (Fsp3) is 0.778. The van der Waals surface area contributed by atoms with Crippen molar-refractivity contribution in [3.8, 4) is 0 Å². The lowest BCUT2D eigenvalue weighted by Crippen LogP contribution is -1.87. The highest BCUT2D eigenvalue weighted by molar-refractivity contribution is 5.13. The van der Waals surface area contributed by atoms with Crippen LogP contribution in [0.2, 0.25) is 0 Å². The first-order chi connectivity index (χ1) is 4.23. The Morgan fingerprint density at radius 2 is 1.56 bits per heavy atom. The number of hydrogen-bond acceptors (Lipinski definition) is 0. The lowest BCUT2D eigenvalue weighted by Gasteiger charge is -1.96. The summed E-state index contributed by atoms with van der Waals surface area (Å²) in [5, 5.41) is 0. The summed E-state index contributed by atoms with van der Waals surface area (Å²) in [6.07, 6.45) is 7.38. The molecule has 2 atom stereocenters. The molecule has 2 aliphatic carbocycles. The SMILES string of the molecule is CC1(C)[C@H]2CC=CC[C@@H]21. The molecule has 0 heterocycles. The molecule has 0 heteroatoms. The normalized spacial score (nSPS) is 44.2. The van der Waals surface area contributed by atoms with Gasteiger partial charge in [0.15, 0.2) is 0 Å². The highest BCUT2D eigenvalue weighted by Crippen LogP contribution is 2.63. The van der Waals surface area contributed by atoms with Crippen LogP contribution in [-0.2, 0) is 0 Å². The van der Waals surface area contributed by atoms with Crippen LogP contribution >= 0.6 is 0 Å². The zero-order valence-electron chi connectivity index (χ0n) is 6.22. The Labute approximate surface area is 57.0 Å². The maximum atomic E-state index is 2.40. The minimum absolute atomic E-state index is 0.684. The first-order valence-electron chi connectivity index (χ1n) is 3.88. The van der Waals surface area contributed by atoms with Crippen molar-refractivity contribution in [1.82, 2.24) is 0 Å². The van der Waals surface area contributed by atoms with Gasteiger partial charge in [-0.25, -0.2) is 0 Å². The maximum absolute atomic E-state index is 2.40. The van der Waals surface area contributed by atoms with Crippen molar-refractivity contribution in [3.63, 3.8) is 0 Å². The van der Waals surface area contributed by atoms with E-state index in [2.05, 4.69) is 26.0 Å². The molecule has 0 spiro atoms. The molecule has 0 aromatic heterocycles. The van der Waals surface area contributed by atoms with Gasteiger partial charge in [0, 0.05) is 0 Å². The van der Waals surface area contributed by atoms with E-state index < -0.39 is 0 Å². The Morgan fingerprint density at radius 1 is 1.11 bits per heavy atom. The minimum atomic E-state index is 0.684. The smallest absolute Gasteiger partial charge is 0.0286 e. The standard InChI is InChI=1S/C9H14/c1-9(2)7-5-3-4-6-8(7)9/h3-4,7-8H,5-6H2,1-2H3/t7-,8-/m0/s1. The Hall–Kier alpha value is -0.260. The van der Waals surface area contributed by atoms with E-state index in [0.29, 0.717) is 5.41 Å². The third-order valence-electron chi connectivity index (χ3n) is 3.23. The Bertz CT molecular complexity index is 137. The summed E-state index contributed by atoms with van der Waals surface area (Å²) < 4.78 is 0. The van der Waals surface area contributed by atoms with Crippen molar-refractivity contribution in [2.75, 3.05) is 0 Å². The molecule has 0 radical (unpaired) electrons. The van der Waals surface area contributed by atoms with Crippen LogP contribution in [0.4, 0.5) is 0 Å². The molecule has 50 valence electrons. The summed E-state index contributed by atoms with van der Waals surface area (Å²) in [7, 11) is 0. The van der Waals surface area contributed by atoms with Crippen molar-refractivity contribution in [1.29, 1.82) is 0 Å². The predicted molar refractivity (Wildman–Crippen MR) is 39.1 cm³/mol. The minimum Gasteiger partial charge on any atom is -0.0882 e. The molecule has 0 nitrogen and oxygen atoms in total. The van der Waals surface area contributed by atoms with Gasteiger partial charge < -0.3 is 0 Å². The topological polar surface area (TPSA) is 0 Å². The van der Waals surface area contributed by atoms with E-state index in [1.807, 2.05) is 0 Å². The Morgan fingerprint density at radius 3 is 1.89 bits per heavy atom. The first kappa shape index (κ1) is 5.52. The summed E-state index contributed by atoms with van der Waals surface area (Å²) >= 11 is 0. The highest BCUT2D eigenvalue weighted by atomic mass is 14.6. The van der Waals surface area contributed by atoms with Crippen LogP contribution in [0.3, 0.4) is 0 Å². The van der Waals surface area contributed by atoms with Gasteiger partial charge in [0.1, 0.15) is 0 Å². The van der Waals surface area contributed by atoms with Crippen LogP contribution in [0.15, 0.2) is 12.2 Å². The summed E-state index contributed by atoms with van der Waals surface area (Å²) in [6, 6.07) is 0. The van der Waals surface area contributed by atoms with Gasteiger partial charge in [0.2, 0.25) is 0 Å². The third kappa shape index (κ3) is 0.593. The average molecular weight is 122 g/mol. The van der Waals surface area contributed by atoms with Crippen LogP contribution in [0.1, 0.15) is 26.7 Å². The quantitative estimate of drug-likeness (QED) is 0.433. The zero-order valence-corrected chi connectivity index (χ0v) is 6.22. The van der Waals surface area contributed by atoms with E-state index in [1.54, 1.807) is 0 Å². The molecule has 0 aromatic carbocycles. The van der Waals surface area contributed by atoms with Crippen LogP contribution < -0.4 is 0 Å². The van der Waals surface area contributed by atoms with Gasteiger partial charge in [-0.05, 0) is 30.1 Å². The van der Waals surface area contributed by atoms with Crippen LogP contribution in [-0.4, -0.2) is 0 Å². The van der Waals surface area contributed by atoms with Gasteiger partial charge in [-0.1, -0.05) is 26.0 Å². The van der Waals surface area contributed by atoms with Crippen molar-refractivity contribution in [2.45, 2.75) is 26.7 Å². The van der Waals surface area contributed by atoms with E-state index in [0.717, 1.165) is 11.8 Å². The number of fused-ring (bicyclic) bond motifs is 1. The molecule has 0 aromatic rings. The molecule has 2 aliphatic rings. The second-order valence-corrected chi connectivity index (χ2v) is 3.98. The number of hydrogen-bond donors (Lipinski definition) is 0. The van der Waals surface area contributed by atoms with E-state index in [9.17, 15) is 0 Å². The lowest BCUT2D eigenvalue weighted by atomic mass is 10.1. The maximum Gasteiger partial charge on any atom is -0.0286 e. The molecule has 1 fully saturated rings. The fourth-order valence-corrected chi connectivity index (χ4v) is 2.28. The number of allylic oxidation sites excluding steroid dienone is 2. The van der Waals surface area contributed by atoms with Gasteiger partial charge in [0.05, 0.1) is 0 Å². The molecule has 2 rings (SSSR count). The van der Waals surface area contributed by atoms with Gasteiger partial charge in [-0.3, -0.25) is 0 Å². The molecule has 1 saturated carbocycles. The summed E-state index contributed by atoms with van der Waals surface area (Å²) in [5.74, 6) is 2.06. The molecule has 0 N–H and O–H groups in total. The summed E-state index contributed by atoms with van der Waals surface area (Å²) in [4.78, 5) is 0. The summed E-state index contributed by atoms with van der Waals surface area (Å²) in [5.41, 5.74) is 0.684. The monoisotopic (exact) mass is 122 g/mol. The second kappa shape index (κ2) is 1.42. The van der Waals surface area contributed by atoms with Crippen molar-refractivity contribution >= 4 is 0 Å². The summed E-state index contributed by atoms with van der Waals surface area (Å²) in [6.45, 7) is 4.80. The molecule has 0 saturated heterocycles. The van der Waals surface area contributed by atoms with E-state index >= 15 is 0 Å². The van der Waals surface area contributed by atoms with Gasteiger partial charge in [0.25, 0.3) is 0 Å². The molecule has 0 unspecified atom stereocenters. The van der Waals surface area contributed by atoms with Gasteiger partial charge >= 0.3 is 0 Å². The highest BCUT2D eigenvalue weighted by Gasteiger charge is 2.56. The van der Waals surface area contributed by atoms with Gasteiger partial charge in [-0.15, -0.1) is 0 Å². The van der Waals surface area contributed by atoms with Crippen molar-refractivity contribution < 1.29 is 0 Å². The second-order valence-electron chi connectivity index (χ2n) is 3.98. The Balaban J connectivity index is 2.14. The molecular formula is C9H14. The average Bonchev–Trinajstić information content (AvgIpc) is 2.39. The van der Waals surface area contributed by atoms with E-state index in [1.165, 1.54) is 12.8 Å². The van der Waals surface area contributed by atoms with Gasteiger partial charge in [-0.2, -0.15) is 0 Å². The van der Waals surface area contributed by atoms with E-state index in [-0.39, 0.29) is 0 Å². The fourth-order valence-electron chi connectivity index (χ4n) is 2.28. The first-order valence-corrected chi connectivity index (χ1v) is 3.88. The van der Waals surface area contributed by atoms with Crippen molar-refractivity contribution in [2.24, 2.45) is 17.3 Å². The van der Waals surface area contributed by atoms with Crippen LogP contribution in [0, 0.1) is 17.3 Å². The molecular weight excluding hydrogens is 108 g/mol.